The van der Waals surface area contributed by atoms with E-state index in [1.165, 1.54) is 14.1 Å². The maximum absolute atomic E-state index is 12.9. The molecule has 0 unspecified atom stereocenters. The van der Waals surface area contributed by atoms with Gasteiger partial charge in [0.25, 0.3) is 5.91 Å². The van der Waals surface area contributed by atoms with E-state index in [-0.39, 0.29) is 11.5 Å². The van der Waals surface area contributed by atoms with Crippen molar-refractivity contribution in [2.24, 2.45) is 0 Å². The average molecular weight is 467 g/mol. The number of hydrogen-bond acceptors (Lipinski definition) is 4. The molecular formula is C24H26N4O4S. The molecule has 3 rings (SSSR count). The molecule has 0 aliphatic rings. The van der Waals surface area contributed by atoms with E-state index in [2.05, 4.69) is 10.6 Å². The third-order valence-electron chi connectivity index (χ3n) is 4.81. The Morgan fingerprint density at radius 3 is 2.03 bits per heavy atom. The molecular weight excluding hydrogens is 440 g/mol. The fourth-order valence-electron chi connectivity index (χ4n) is 3.08. The highest BCUT2D eigenvalue weighted by Gasteiger charge is 2.27. The summed E-state index contributed by atoms with van der Waals surface area (Å²) in [5.74, 6) is -0.928. The molecule has 9 heteroatoms. The van der Waals surface area contributed by atoms with Crippen LogP contribution in [0.15, 0.2) is 84.9 Å². The zero-order valence-electron chi connectivity index (χ0n) is 18.4. The van der Waals surface area contributed by atoms with E-state index in [1.807, 2.05) is 30.3 Å². The van der Waals surface area contributed by atoms with Gasteiger partial charge in [0.2, 0.25) is 5.91 Å². The smallest absolute Gasteiger partial charge is 0.304 e. The Balaban J connectivity index is 1.76. The van der Waals surface area contributed by atoms with Crippen molar-refractivity contribution < 1.29 is 18.0 Å². The number of amides is 2. The van der Waals surface area contributed by atoms with Crippen LogP contribution in [0.25, 0.3) is 0 Å². The number of carbonyl (C=O) groups excluding carboxylic acids is 2. The summed E-state index contributed by atoms with van der Waals surface area (Å²) in [6.07, 6.45) is 0. The summed E-state index contributed by atoms with van der Waals surface area (Å²) in [5, 5.41) is 5.51. The molecule has 0 saturated carbocycles. The second-order valence-corrected chi connectivity index (χ2v) is 9.46. The summed E-state index contributed by atoms with van der Waals surface area (Å²) in [4.78, 5) is 25.6. The van der Waals surface area contributed by atoms with Crippen molar-refractivity contribution in [2.75, 3.05) is 30.3 Å². The Hall–Kier alpha value is -3.69. The van der Waals surface area contributed by atoms with Gasteiger partial charge < -0.3 is 10.6 Å². The Kier molecular flexibility index (Phi) is 7.81. The van der Waals surface area contributed by atoms with E-state index in [1.54, 1.807) is 54.6 Å². The van der Waals surface area contributed by atoms with Gasteiger partial charge in [-0.05, 0) is 29.8 Å². The molecule has 0 radical (unpaired) electrons. The van der Waals surface area contributed by atoms with E-state index in [9.17, 15) is 18.0 Å². The number of rotatable bonds is 9. The summed E-state index contributed by atoms with van der Waals surface area (Å²) in [6.45, 7) is -0.116. The van der Waals surface area contributed by atoms with Gasteiger partial charge in [-0.15, -0.1) is 0 Å². The van der Waals surface area contributed by atoms with Gasteiger partial charge in [0.15, 0.2) is 0 Å². The quantitative estimate of drug-likeness (QED) is 0.507. The fourth-order valence-corrected chi connectivity index (χ4v) is 4.14. The summed E-state index contributed by atoms with van der Waals surface area (Å²) in [5.41, 5.74) is 1.88. The molecule has 0 aliphatic heterocycles. The SMILES string of the molecule is CN(C)S(=O)(=O)N(CC(=O)Nc1ccccc1C(=O)NCc1ccccc1)c1ccccc1. The third-order valence-corrected chi connectivity index (χ3v) is 6.63. The van der Waals surface area contributed by atoms with Crippen molar-refractivity contribution in [1.82, 2.24) is 9.62 Å². The molecule has 0 fully saturated rings. The molecule has 0 heterocycles. The minimum atomic E-state index is -3.92. The monoisotopic (exact) mass is 466 g/mol. The number of nitrogens with one attached hydrogen (secondary N) is 2. The first-order valence-electron chi connectivity index (χ1n) is 10.3. The van der Waals surface area contributed by atoms with Crippen LogP contribution in [-0.2, 0) is 21.5 Å². The lowest BCUT2D eigenvalue weighted by atomic mass is 10.1. The van der Waals surface area contributed by atoms with Crippen molar-refractivity contribution in [3.63, 3.8) is 0 Å². The predicted molar refractivity (Wildman–Crippen MR) is 129 cm³/mol. The second-order valence-electron chi connectivity index (χ2n) is 7.39. The minimum Gasteiger partial charge on any atom is -0.348 e. The first-order valence-corrected chi connectivity index (χ1v) is 11.6. The molecule has 0 atom stereocenters. The van der Waals surface area contributed by atoms with Crippen molar-refractivity contribution in [2.45, 2.75) is 6.54 Å². The van der Waals surface area contributed by atoms with E-state index in [0.29, 0.717) is 17.9 Å². The van der Waals surface area contributed by atoms with Crippen molar-refractivity contribution in [1.29, 1.82) is 0 Å². The lowest BCUT2D eigenvalue weighted by Crippen LogP contribution is -2.44. The lowest BCUT2D eigenvalue weighted by Gasteiger charge is -2.27. The Morgan fingerprint density at radius 2 is 1.39 bits per heavy atom. The average Bonchev–Trinajstić information content (AvgIpc) is 2.82. The molecule has 0 aliphatic carbocycles. The molecule has 0 spiro atoms. The zero-order valence-corrected chi connectivity index (χ0v) is 19.2. The molecule has 172 valence electrons. The molecule has 0 saturated heterocycles. The van der Waals surface area contributed by atoms with Crippen LogP contribution in [0.3, 0.4) is 0 Å². The number of para-hydroxylation sites is 2. The van der Waals surface area contributed by atoms with Crippen LogP contribution in [0, 0.1) is 0 Å². The van der Waals surface area contributed by atoms with Gasteiger partial charge in [-0.1, -0.05) is 60.7 Å². The Bertz CT molecular complexity index is 1200. The predicted octanol–water partition coefficient (Wildman–Crippen LogP) is 2.87. The molecule has 2 N–H and O–H groups in total. The maximum atomic E-state index is 12.9. The van der Waals surface area contributed by atoms with Crippen LogP contribution >= 0.6 is 0 Å². The number of anilines is 2. The highest BCUT2D eigenvalue weighted by molar-refractivity contribution is 7.90. The Labute approximate surface area is 194 Å². The van der Waals surface area contributed by atoms with Crippen molar-refractivity contribution in [3.05, 3.63) is 96.1 Å². The minimum absolute atomic E-state index is 0.281. The highest BCUT2D eigenvalue weighted by Crippen LogP contribution is 2.20. The molecule has 2 amide bonds. The van der Waals surface area contributed by atoms with Crippen molar-refractivity contribution >= 4 is 33.4 Å². The topological polar surface area (TPSA) is 98.8 Å². The summed E-state index contributed by atoms with van der Waals surface area (Å²) >= 11 is 0. The lowest BCUT2D eigenvalue weighted by molar-refractivity contribution is -0.114. The largest absolute Gasteiger partial charge is 0.348 e. The van der Waals surface area contributed by atoms with Gasteiger partial charge in [-0.2, -0.15) is 12.7 Å². The van der Waals surface area contributed by atoms with E-state index >= 15 is 0 Å². The van der Waals surface area contributed by atoms with Gasteiger partial charge in [0.05, 0.1) is 16.9 Å². The first kappa shape index (κ1) is 24.0. The zero-order chi connectivity index (χ0) is 23.8. The maximum Gasteiger partial charge on any atom is 0.304 e. The van der Waals surface area contributed by atoms with Crippen LogP contribution in [0.1, 0.15) is 15.9 Å². The van der Waals surface area contributed by atoms with E-state index in [4.69, 9.17) is 0 Å². The van der Waals surface area contributed by atoms with E-state index in [0.717, 1.165) is 14.2 Å². The summed E-state index contributed by atoms with van der Waals surface area (Å²) in [6, 6.07) is 24.4. The molecule has 33 heavy (non-hydrogen) atoms. The van der Waals surface area contributed by atoms with Crippen LogP contribution in [0.2, 0.25) is 0 Å². The van der Waals surface area contributed by atoms with Crippen molar-refractivity contribution in [3.8, 4) is 0 Å². The summed E-state index contributed by atoms with van der Waals surface area (Å²) < 4.78 is 27.7. The van der Waals surface area contributed by atoms with Gasteiger partial charge >= 0.3 is 10.2 Å². The summed E-state index contributed by atoms with van der Waals surface area (Å²) in [7, 11) is -1.12. The van der Waals surface area contributed by atoms with Crippen LogP contribution in [0.5, 0.6) is 0 Å². The number of benzene rings is 3. The van der Waals surface area contributed by atoms with Crippen LogP contribution in [0.4, 0.5) is 11.4 Å². The standard InChI is InChI=1S/C24H26N4O4S/c1-27(2)33(31,32)28(20-13-7-4-8-14-20)18-23(29)26-22-16-10-9-15-21(22)24(30)25-17-19-11-5-3-6-12-19/h3-16H,17-18H2,1-2H3,(H,25,30)(H,26,29). The van der Waals surface area contributed by atoms with Gasteiger partial charge in [-0.25, -0.2) is 4.31 Å². The molecule has 3 aromatic rings. The third kappa shape index (κ3) is 6.18. The van der Waals surface area contributed by atoms with E-state index < -0.39 is 22.7 Å². The van der Waals surface area contributed by atoms with Gasteiger partial charge in [-0.3, -0.25) is 9.59 Å². The number of carbonyl (C=O) groups is 2. The number of nitrogens with zero attached hydrogens (tertiary/aromatic N) is 2. The molecule has 0 bridgehead atoms. The van der Waals surface area contributed by atoms with Crippen LogP contribution < -0.4 is 14.9 Å². The normalized spacial score (nSPS) is 11.1. The fraction of sp³-hybridized carbons (Fsp3) is 0.167. The highest BCUT2D eigenvalue weighted by atomic mass is 32.2. The first-order chi connectivity index (χ1) is 15.8. The molecule has 0 aromatic heterocycles. The molecule has 8 nitrogen and oxygen atoms in total. The van der Waals surface area contributed by atoms with Gasteiger partial charge in [0.1, 0.15) is 6.54 Å². The van der Waals surface area contributed by atoms with Gasteiger partial charge in [0, 0.05) is 20.6 Å². The van der Waals surface area contributed by atoms with Crippen LogP contribution in [-0.4, -0.2) is 45.2 Å². The molecule has 3 aromatic carbocycles. The number of hydrogen-bond donors (Lipinski definition) is 2. The Morgan fingerprint density at radius 1 is 0.818 bits per heavy atom. The second kappa shape index (κ2) is 10.8.